The summed E-state index contributed by atoms with van der Waals surface area (Å²) < 4.78 is 11.3. The van der Waals surface area contributed by atoms with Crippen molar-refractivity contribution in [2.45, 2.75) is 13.0 Å². The van der Waals surface area contributed by atoms with Crippen molar-refractivity contribution in [1.82, 2.24) is 15.1 Å². The summed E-state index contributed by atoms with van der Waals surface area (Å²) in [5.74, 6) is 1.30. The van der Waals surface area contributed by atoms with Crippen LogP contribution in [0.1, 0.15) is 24.1 Å². The highest BCUT2D eigenvalue weighted by molar-refractivity contribution is 5.74. The second kappa shape index (κ2) is 11.4. The van der Waals surface area contributed by atoms with Crippen LogP contribution in [0.15, 0.2) is 84.9 Å². The minimum atomic E-state index is -0.112. The monoisotopic (exact) mass is 445 g/mol. The molecule has 0 bridgehead atoms. The van der Waals surface area contributed by atoms with Crippen LogP contribution >= 0.6 is 0 Å². The van der Waals surface area contributed by atoms with E-state index in [1.54, 1.807) is 0 Å². The summed E-state index contributed by atoms with van der Waals surface area (Å²) in [5, 5.41) is 2.87. The van der Waals surface area contributed by atoms with E-state index in [0.717, 1.165) is 13.1 Å². The number of carbonyl (C=O) groups is 1. The molecule has 6 heteroatoms. The van der Waals surface area contributed by atoms with Crippen LogP contribution in [0.5, 0.6) is 11.5 Å². The Kier molecular flexibility index (Phi) is 7.82. The van der Waals surface area contributed by atoms with Gasteiger partial charge in [-0.1, -0.05) is 72.8 Å². The molecule has 0 radical (unpaired) electrons. The first kappa shape index (κ1) is 22.7. The largest absolute Gasteiger partial charge is 0.490 e. The Morgan fingerprint density at radius 1 is 0.788 bits per heavy atom. The smallest absolute Gasteiger partial charge is 0.320 e. The van der Waals surface area contributed by atoms with E-state index in [0.29, 0.717) is 31.2 Å². The second-order valence-corrected chi connectivity index (χ2v) is 7.90. The van der Waals surface area contributed by atoms with Gasteiger partial charge in [-0.25, -0.2) is 4.79 Å². The maximum atomic E-state index is 12.7. The number of hydrogen-bond acceptors (Lipinski definition) is 4. The van der Waals surface area contributed by atoms with E-state index in [9.17, 15) is 4.79 Å². The summed E-state index contributed by atoms with van der Waals surface area (Å²) in [6, 6.07) is 28.7. The molecule has 1 heterocycles. The van der Waals surface area contributed by atoms with Gasteiger partial charge in [-0.05, 0) is 30.2 Å². The number of piperazine rings is 1. The molecule has 0 saturated carbocycles. The quantitative estimate of drug-likeness (QED) is 0.518. The molecule has 4 rings (SSSR count). The van der Waals surface area contributed by atoms with Gasteiger partial charge < -0.3 is 19.7 Å². The van der Waals surface area contributed by atoms with Gasteiger partial charge in [0.15, 0.2) is 18.2 Å². The molecular formula is C27H31N3O3. The van der Waals surface area contributed by atoms with Gasteiger partial charge in [0.25, 0.3) is 0 Å². The van der Waals surface area contributed by atoms with E-state index in [4.69, 9.17) is 9.47 Å². The van der Waals surface area contributed by atoms with Gasteiger partial charge in [-0.2, -0.15) is 0 Å². The molecule has 0 atom stereocenters. The number of nitrogens with zero attached hydrogens (tertiary/aromatic N) is 2. The Morgan fingerprint density at radius 3 is 1.85 bits per heavy atom. The lowest BCUT2D eigenvalue weighted by Crippen LogP contribution is -2.53. The van der Waals surface area contributed by atoms with Crippen molar-refractivity contribution in [2.75, 3.05) is 39.5 Å². The Bertz CT molecular complexity index is 966. The highest BCUT2D eigenvalue weighted by atomic mass is 16.5. The number of benzene rings is 3. The highest BCUT2D eigenvalue weighted by Gasteiger charge is 2.28. The third-order valence-corrected chi connectivity index (χ3v) is 5.80. The fourth-order valence-corrected chi connectivity index (χ4v) is 4.20. The van der Waals surface area contributed by atoms with Crippen LogP contribution in [-0.4, -0.2) is 55.3 Å². The minimum Gasteiger partial charge on any atom is -0.490 e. The molecule has 1 N–H and O–H groups in total. The molecule has 1 saturated heterocycles. The summed E-state index contributed by atoms with van der Waals surface area (Å²) in [7, 11) is 0. The average Bonchev–Trinajstić information content (AvgIpc) is 2.87. The van der Waals surface area contributed by atoms with E-state index < -0.39 is 0 Å². The van der Waals surface area contributed by atoms with E-state index in [2.05, 4.69) is 58.7 Å². The number of amides is 2. The summed E-state index contributed by atoms with van der Waals surface area (Å²) in [6.07, 6.45) is 0. The van der Waals surface area contributed by atoms with E-state index in [-0.39, 0.29) is 18.8 Å². The van der Waals surface area contributed by atoms with Crippen molar-refractivity contribution in [3.63, 3.8) is 0 Å². The van der Waals surface area contributed by atoms with Gasteiger partial charge in [0.2, 0.25) is 0 Å². The number of nitrogens with one attached hydrogen (secondary N) is 1. The van der Waals surface area contributed by atoms with Crippen LogP contribution in [-0.2, 0) is 0 Å². The van der Waals surface area contributed by atoms with Crippen LogP contribution < -0.4 is 14.8 Å². The summed E-state index contributed by atoms with van der Waals surface area (Å²) in [5.41, 5.74) is 2.53. The molecule has 3 aromatic carbocycles. The third kappa shape index (κ3) is 5.84. The topological polar surface area (TPSA) is 54.0 Å². The fraction of sp³-hybridized carbons (Fsp3) is 0.296. The lowest BCUT2D eigenvalue weighted by atomic mass is 9.96. The summed E-state index contributed by atoms with van der Waals surface area (Å²) in [4.78, 5) is 17.0. The Balaban J connectivity index is 1.32. The molecule has 0 aliphatic carbocycles. The van der Waals surface area contributed by atoms with Gasteiger partial charge >= 0.3 is 6.03 Å². The second-order valence-electron chi connectivity index (χ2n) is 7.90. The molecule has 0 aromatic heterocycles. The van der Waals surface area contributed by atoms with Crippen molar-refractivity contribution >= 4 is 6.03 Å². The summed E-state index contributed by atoms with van der Waals surface area (Å²) >= 11 is 0. The zero-order valence-electron chi connectivity index (χ0n) is 19.0. The predicted octanol–water partition coefficient (Wildman–Crippen LogP) is 4.54. The lowest BCUT2D eigenvalue weighted by molar-refractivity contribution is 0.116. The van der Waals surface area contributed by atoms with Gasteiger partial charge in [0.1, 0.15) is 0 Å². The fourth-order valence-electron chi connectivity index (χ4n) is 4.20. The van der Waals surface area contributed by atoms with Crippen molar-refractivity contribution in [3.05, 3.63) is 96.1 Å². The Labute approximate surface area is 195 Å². The minimum absolute atomic E-state index is 0.0970. The van der Waals surface area contributed by atoms with Crippen LogP contribution in [0.3, 0.4) is 0 Å². The van der Waals surface area contributed by atoms with Crippen LogP contribution in [0.25, 0.3) is 0 Å². The van der Waals surface area contributed by atoms with Gasteiger partial charge in [0.05, 0.1) is 12.6 Å². The van der Waals surface area contributed by atoms with E-state index >= 15 is 0 Å². The van der Waals surface area contributed by atoms with Crippen LogP contribution in [0, 0.1) is 0 Å². The highest BCUT2D eigenvalue weighted by Crippen LogP contribution is 2.29. The predicted molar refractivity (Wildman–Crippen MR) is 130 cm³/mol. The number of carbonyl (C=O) groups excluding carboxylic acids is 1. The normalized spacial score (nSPS) is 14.2. The first-order valence-corrected chi connectivity index (χ1v) is 11.5. The molecule has 6 nitrogen and oxygen atoms in total. The first-order chi connectivity index (χ1) is 16.3. The third-order valence-electron chi connectivity index (χ3n) is 5.80. The maximum absolute atomic E-state index is 12.7. The number of urea groups is 1. The Morgan fingerprint density at radius 2 is 1.30 bits per heavy atom. The van der Waals surface area contributed by atoms with Crippen molar-refractivity contribution < 1.29 is 14.3 Å². The van der Waals surface area contributed by atoms with E-state index in [1.165, 1.54) is 11.1 Å². The van der Waals surface area contributed by atoms with Crippen LogP contribution in [0.2, 0.25) is 0 Å². The molecule has 1 aliphatic rings. The molecule has 1 aliphatic heterocycles. The molecular weight excluding hydrogens is 414 g/mol. The average molecular weight is 446 g/mol. The number of hydrogen-bond donors (Lipinski definition) is 1. The van der Waals surface area contributed by atoms with Gasteiger partial charge in [-0.3, -0.25) is 4.90 Å². The molecule has 3 aromatic rings. The zero-order valence-corrected chi connectivity index (χ0v) is 19.0. The van der Waals surface area contributed by atoms with Gasteiger partial charge in [-0.15, -0.1) is 0 Å². The Hall–Kier alpha value is -3.51. The number of rotatable bonds is 8. The molecule has 172 valence electrons. The molecule has 2 amide bonds. The molecule has 1 fully saturated rings. The first-order valence-electron chi connectivity index (χ1n) is 11.5. The standard InChI is InChI=1S/C27H31N3O3/c1-2-32-24-15-9-10-16-25(24)33-21-28-27(31)30-19-17-29(18-20-30)26(22-11-5-3-6-12-22)23-13-7-4-8-14-23/h3-16,26H,2,17-21H2,1H3,(H,28,31). The van der Waals surface area contributed by atoms with Crippen molar-refractivity contribution in [2.24, 2.45) is 0 Å². The number of para-hydroxylation sites is 2. The van der Waals surface area contributed by atoms with Gasteiger partial charge in [0, 0.05) is 26.2 Å². The molecule has 0 unspecified atom stereocenters. The van der Waals surface area contributed by atoms with E-state index in [1.807, 2.05) is 48.2 Å². The SMILES string of the molecule is CCOc1ccccc1OCNC(=O)N1CCN(C(c2ccccc2)c2ccccc2)CC1. The molecule has 0 spiro atoms. The number of ether oxygens (including phenoxy) is 2. The van der Waals surface area contributed by atoms with Crippen molar-refractivity contribution in [3.8, 4) is 11.5 Å². The summed E-state index contributed by atoms with van der Waals surface area (Å²) in [6.45, 7) is 5.52. The lowest BCUT2D eigenvalue weighted by Gasteiger charge is -2.39. The molecule has 33 heavy (non-hydrogen) atoms. The maximum Gasteiger partial charge on any atom is 0.320 e. The van der Waals surface area contributed by atoms with Crippen LogP contribution in [0.4, 0.5) is 4.79 Å². The zero-order chi connectivity index (χ0) is 22.9. The van der Waals surface area contributed by atoms with Crippen molar-refractivity contribution in [1.29, 1.82) is 0 Å².